The average molecular weight is 138 g/mol. The first-order chi connectivity index (χ1) is 4.66. The summed E-state index contributed by atoms with van der Waals surface area (Å²) >= 11 is 0. The van der Waals surface area contributed by atoms with Crippen molar-refractivity contribution in [2.24, 2.45) is 5.41 Å². The predicted octanol–water partition coefficient (Wildman–Crippen LogP) is 2.32. The number of aldehydes is 1. The first kappa shape index (κ1) is 7.52. The Morgan fingerprint density at radius 3 is 2.40 bits per heavy atom. The van der Waals surface area contributed by atoms with Crippen LogP contribution in [0.15, 0.2) is 12.2 Å². The Kier molecular flexibility index (Phi) is 1.93. The number of carbonyl (C=O) groups is 1. The van der Waals surface area contributed by atoms with Crippen LogP contribution in [0.1, 0.15) is 32.6 Å². The number of rotatable bonds is 1. The Balaban J connectivity index is 2.53. The average Bonchev–Trinajstić information content (AvgIpc) is 1.96. The molecule has 1 aliphatic carbocycles. The van der Waals surface area contributed by atoms with Gasteiger partial charge in [-0.2, -0.15) is 0 Å². The molecule has 1 aliphatic rings. The molecule has 0 aromatic rings. The molecule has 10 heavy (non-hydrogen) atoms. The molecule has 56 valence electrons. The Bertz CT molecular complexity index is 148. The second-order valence-corrected chi connectivity index (χ2v) is 3.52. The van der Waals surface area contributed by atoms with Gasteiger partial charge in [-0.3, -0.25) is 0 Å². The van der Waals surface area contributed by atoms with Gasteiger partial charge in [0.15, 0.2) is 0 Å². The fourth-order valence-electron chi connectivity index (χ4n) is 1.29. The molecule has 0 amide bonds. The molecule has 0 N–H and O–H groups in total. The van der Waals surface area contributed by atoms with Crippen molar-refractivity contribution in [3.8, 4) is 0 Å². The van der Waals surface area contributed by atoms with E-state index in [1.54, 1.807) is 0 Å². The Morgan fingerprint density at radius 1 is 1.50 bits per heavy atom. The molecule has 1 heteroatoms. The summed E-state index contributed by atoms with van der Waals surface area (Å²) in [6, 6.07) is 0. The van der Waals surface area contributed by atoms with Crippen LogP contribution < -0.4 is 0 Å². The maximum Gasteiger partial charge on any atom is 0.125 e. The molecular weight excluding hydrogens is 124 g/mol. The van der Waals surface area contributed by atoms with Crippen LogP contribution in [0.5, 0.6) is 0 Å². The number of hydrogen-bond acceptors (Lipinski definition) is 1. The van der Waals surface area contributed by atoms with E-state index in [4.69, 9.17) is 0 Å². The fraction of sp³-hybridized carbons (Fsp3) is 0.667. The molecule has 0 unspecified atom stereocenters. The van der Waals surface area contributed by atoms with Crippen molar-refractivity contribution in [3.63, 3.8) is 0 Å². The van der Waals surface area contributed by atoms with Gasteiger partial charge in [-0.1, -0.05) is 19.1 Å². The highest BCUT2D eigenvalue weighted by atomic mass is 16.1. The van der Waals surface area contributed by atoms with E-state index in [1.165, 1.54) is 5.57 Å². The van der Waals surface area contributed by atoms with Gasteiger partial charge >= 0.3 is 0 Å². The van der Waals surface area contributed by atoms with Gasteiger partial charge in [0, 0.05) is 5.41 Å². The zero-order valence-corrected chi connectivity index (χ0v) is 6.52. The maximum absolute atomic E-state index is 10.6. The number of carbonyl (C=O) groups excluding carboxylic acids is 1. The van der Waals surface area contributed by atoms with Crippen molar-refractivity contribution in [2.45, 2.75) is 32.6 Å². The topological polar surface area (TPSA) is 17.1 Å². The molecule has 0 radical (unpaired) electrons. The quantitative estimate of drug-likeness (QED) is 0.401. The third-order valence-electron chi connectivity index (χ3n) is 2.38. The van der Waals surface area contributed by atoms with Crippen LogP contribution in [0.4, 0.5) is 0 Å². The Morgan fingerprint density at radius 2 is 2.00 bits per heavy atom. The molecule has 0 heterocycles. The molecular formula is C9H14O. The summed E-state index contributed by atoms with van der Waals surface area (Å²) in [6.07, 6.45) is 5.16. The van der Waals surface area contributed by atoms with E-state index in [2.05, 4.69) is 6.58 Å². The molecule has 0 spiro atoms. The summed E-state index contributed by atoms with van der Waals surface area (Å²) in [6.45, 7) is 5.93. The van der Waals surface area contributed by atoms with Crippen LogP contribution in [0, 0.1) is 5.41 Å². The van der Waals surface area contributed by atoms with E-state index in [0.29, 0.717) is 0 Å². The lowest BCUT2D eigenvalue weighted by Gasteiger charge is -2.28. The lowest BCUT2D eigenvalue weighted by atomic mass is 9.75. The molecule has 0 aromatic carbocycles. The van der Waals surface area contributed by atoms with E-state index in [0.717, 1.165) is 32.0 Å². The Hall–Kier alpha value is -0.590. The van der Waals surface area contributed by atoms with Crippen molar-refractivity contribution < 1.29 is 4.79 Å². The van der Waals surface area contributed by atoms with Crippen LogP contribution in [0.3, 0.4) is 0 Å². The van der Waals surface area contributed by atoms with Gasteiger partial charge in [0.2, 0.25) is 0 Å². The highest BCUT2D eigenvalue weighted by Crippen LogP contribution is 2.35. The summed E-state index contributed by atoms with van der Waals surface area (Å²) in [4.78, 5) is 10.6. The van der Waals surface area contributed by atoms with Crippen molar-refractivity contribution in [3.05, 3.63) is 12.2 Å². The van der Waals surface area contributed by atoms with E-state index in [-0.39, 0.29) is 5.41 Å². The molecule has 1 nitrogen and oxygen atoms in total. The highest BCUT2D eigenvalue weighted by Gasteiger charge is 2.26. The van der Waals surface area contributed by atoms with Crippen LogP contribution in [0.2, 0.25) is 0 Å². The number of allylic oxidation sites excluding steroid dienone is 1. The number of hydrogen-bond donors (Lipinski definition) is 0. The van der Waals surface area contributed by atoms with E-state index >= 15 is 0 Å². The smallest absolute Gasteiger partial charge is 0.125 e. The molecule has 0 saturated heterocycles. The summed E-state index contributed by atoms with van der Waals surface area (Å²) in [5.74, 6) is 0. The molecule has 0 atom stereocenters. The largest absolute Gasteiger partial charge is 0.303 e. The summed E-state index contributed by atoms with van der Waals surface area (Å²) < 4.78 is 0. The standard InChI is InChI=1S/C9H14O/c1-8-3-5-9(2,7-10)6-4-8/h7H,1,3-6H2,2H3. The van der Waals surface area contributed by atoms with E-state index < -0.39 is 0 Å². The van der Waals surface area contributed by atoms with Crippen LogP contribution in [0.25, 0.3) is 0 Å². The first-order valence-corrected chi connectivity index (χ1v) is 3.79. The first-order valence-electron chi connectivity index (χ1n) is 3.79. The Labute approximate surface area is 62.1 Å². The third kappa shape index (κ3) is 1.47. The van der Waals surface area contributed by atoms with Crippen molar-refractivity contribution in [1.29, 1.82) is 0 Å². The summed E-state index contributed by atoms with van der Waals surface area (Å²) in [7, 11) is 0. The molecule has 0 aromatic heterocycles. The molecule has 1 fully saturated rings. The molecule has 1 rings (SSSR count). The van der Waals surface area contributed by atoms with Gasteiger partial charge in [0.05, 0.1) is 0 Å². The van der Waals surface area contributed by atoms with Gasteiger partial charge in [-0.25, -0.2) is 0 Å². The zero-order chi connectivity index (χ0) is 7.61. The van der Waals surface area contributed by atoms with E-state index in [1.807, 2.05) is 6.92 Å². The van der Waals surface area contributed by atoms with Gasteiger partial charge in [-0.05, 0) is 25.7 Å². The minimum absolute atomic E-state index is 0.0405. The van der Waals surface area contributed by atoms with Crippen molar-refractivity contribution >= 4 is 6.29 Å². The van der Waals surface area contributed by atoms with Crippen LogP contribution >= 0.6 is 0 Å². The van der Waals surface area contributed by atoms with Crippen molar-refractivity contribution in [2.75, 3.05) is 0 Å². The maximum atomic E-state index is 10.6. The summed E-state index contributed by atoms with van der Waals surface area (Å²) in [5, 5.41) is 0. The van der Waals surface area contributed by atoms with Gasteiger partial charge in [-0.15, -0.1) is 0 Å². The lowest BCUT2D eigenvalue weighted by molar-refractivity contribution is -0.116. The minimum Gasteiger partial charge on any atom is -0.303 e. The van der Waals surface area contributed by atoms with Gasteiger partial charge in [0.25, 0.3) is 0 Å². The monoisotopic (exact) mass is 138 g/mol. The molecule has 0 bridgehead atoms. The van der Waals surface area contributed by atoms with Crippen LogP contribution in [-0.4, -0.2) is 6.29 Å². The van der Waals surface area contributed by atoms with Crippen LogP contribution in [-0.2, 0) is 4.79 Å². The molecule has 1 saturated carbocycles. The predicted molar refractivity (Wildman–Crippen MR) is 41.8 cm³/mol. The SMILES string of the molecule is C=C1CCC(C)(C=O)CC1. The minimum atomic E-state index is -0.0405. The second kappa shape index (κ2) is 2.57. The lowest BCUT2D eigenvalue weighted by Crippen LogP contribution is -2.21. The van der Waals surface area contributed by atoms with E-state index in [9.17, 15) is 4.79 Å². The van der Waals surface area contributed by atoms with Crippen molar-refractivity contribution in [1.82, 2.24) is 0 Å². The summed E-state index contributed by atoms with van der Waals surface area (Å²) in [5.41, 5.74) is 1.26. The third-order valence-corrected chi connectivity index (χ3v) is 2.38. The molecule has 0 aliphatic heterocycles. The second-order valence-electron chi connectivity index (χ2n) is 3.52. The van der Waals surface area contributed by atoms with Gasteiger partial charge < -0.3 is 4.79 Å². The van der Waals surface area contributed by atoms with Gasteiger partial charge in [0.1, 0.15) is 6.29 Å². The highest BCUT2D eigenvalue weighted by molar-refractivity contribution is 5.59. The normalized spacial score (nSPS) is 24.3. The fourth-order valence-corrected chi connectivity index (χ4v) is 1.29. The zero-order valence-electron chi connectivity index (χ0n) is 6.52.